The van der Waals surface area contributed by atoms with Crippen LogP contribution in [0.4, 0.5) is 0 Å². The third-order valence-corrected chi connectivity index (χ3v) is 10.7. The lowest BCUT2D eigenvalue weighted by Crippen LogP contribution is -2.44. The van der Waals surface area contributed by atoms with Crippen molar-refractivity contribution in [1.29, 1.82) is 0 Å². The molecule has 2 N–H and O–H groups in total. The van der Waals surface area contributed by atoms with E-state index in [1.54, 1.807) is 0 Å². The van der Waals surface area contributed by atoms with Crippen LogP contribution in [0, 0.1) is 0 Å². The van der Waals surface area contributed by atoms with Crippen LogP contribution in [-0.2, 0) is 11.2 Å². The van der Waals surface area contributed by atoms with Gasteiger partial charge in [0.2, 0.25) is 0 Å². The van der Waals surface area contributed by atoms with Crippen LogP contribution in [0.1, 0.15) is 55.6 Å². The number of benzene rings is 8. The Balaban J connectivity index is 1.28. The van der Waals surface area contributed by atoms with Crippen LogP contribution in [0.25, 0.3) is 46.2 Å². The van der Waals surface area contributed by atoms with E-state index in [1.165, 1.54) is 0 Å². The van der Waals surface area contributed by atoms with Gasteiger partial charge in [-0.05, 0) is 90.2 Å². The van der Waals surface area contributed by atoms with Crippen LogP contribution in [0.5, 0.6) is 0 Å². The standard InChI is InChI=1S/C52H38O2/c53-51(44-22-11-18-39(34-44)30-28-37-14-3-1-4-15-37)47-25-9-10-26-48(47)52(54,45-23-12-19-40(35-45)31-29-38-16-5-2-6-17-38)50-46(24-13-27-49(50)51)43-33-32-41-20-7-8-21-42(41)36-43/h1-36,53-54H/b30-28+,31-29+. The first kappa shape index (κ1) is 33.3. The molecular formula is C52H38O2. The Labute approximate surface area is 316 Å². The highest BCUT2D eigenvalue weighted by Crippen LogP contribution is 2.55. The molecule has 1 aliphatic carbocycles. The summed E-state index contributed by atoms with van der Waals surface area (Å²) in [7, 11) is 0. The number of hydrogen-bond donors (Lipinski definition) is 2. The Morgan fingerprint density at radius 3 is 1.43 bits per heavy atom. The Morgan fingerprint density at radius 1 is 0.333 bits per heavy atom. The van der Waals surface area contributed by atoms with Gasteiger partial charge < -0.3 is 10.2 Å². The molecule has 258 valence electrons. The maximum Gasteiger partial charge on any atom is 0.141 e. The largest absolute Gasteiger partial charge is 0.376 e. The lowest BCUT2D eigenvalue weighted by atomic mass is 9.62. The van der Waals surface area contributed by atoms with E-state index in [9.17, 15) is 10.2 Å². The first-order chi connectivity index (χ1) is 26.5. The van der Waals surface area contributed by atoms with Gasteiger partial charge in [-0.15, -0.1) is 0 Å². The first-order valence-electron chi connectivity index (χ1n) is 18.4. The number of fused-ring (bicyclic) bond motifs is 3. The fourth-order valence-electron chi connectivity index (χ4n) is 8.09. The smallest absolute Gasteiger partial charge is 0.141 e. The Kier molecular flexibility index (Phi) is 8.48. The minimum absolute atomic E-state index is 0.641. The average Bonchev–Trinajstić information content (AvgIpc) is 3.24. The molecule has 9 rings (SSSR count). The van der Waals surface area contributed by atoms with E-state index in [2.05, 4.69) is 109 Å². The highest BCUT2D eigenvalue weighted by atomic mass is 16.3. The zero-order valence-corrected chi connectivity index (χ0v) is 29.7. The summed E-state index contributed by atoms with van der Waals surface area (Å²) in [6, 6.07) is 65.2. The highest BCUT2D eigenvalue weighted by Gasteiger charge is 2.52. The van der Waals surface area contributed by atoms with Crippen LogP contribution in [-0.4, -0.2) is 10.2 Å². The van der Waals surface area contributed by atoms with Crippen LogP contribution in [0.15, 0.2) is 194 Å². The van der Waals surface area contributed by atoms with E-state index in [0.717, 1.165) is 55.3 Å². The van der Waals surface area contributed by atoms with Crippen molar-refractivity contribution < 1.29 is 10.2 Å². The van der Waals surface area contributed by atoms with E-state index in [4.69, 9.17) is 0 Å². The lowest BCUT2D eigenvalue weighted by Gasteiger charge is -2.46. The van der Waals surface area contributed by atoms with Gasteiger partial charge in [0.15, 0.2) is 0 Å². The molecule has 0 saturated heterocycles. The molecule has 1 aliphatic rings. The monoisotopic (exact) mass is 694 g/mol. The maximum absolute atomic E-state index is 13.7. The van der Waals surface area contributed by atoms with Gasteiger partial charge in [0.1, 0.15) is 11.2 Å². The SMILES string of the molecule is OC1(c2cccc(/C=C/c3ccccc3)c2)c2ccccc2C(O)(c2cccc(/C=C/c3ccccc3)c2)c2c(-c3ccc4ccccc4c3)cccc21. The van der Waals surface area contributed by atoms with Crippen LogP contribution in [0.3, 0.4) is 0 Å². The van der Waals surface area contributed by atoms with Gasteiger partial charge in [0, 0.05) is 5.56 Å². The quantitative estimate of drug-likeness (QED) is 0.163. The Hall–Kier alpha value is -6.58. The number of rotatable bonds is 7. The van der Waals surface area contributed by atoms with Gasteiger partial charge in [-0.1, -0.05) is 200 Å². The summed E-state index contributed by atoms with van der Waals surface area (Å²) in [6.07, 6.45) is 8.33. The van der Waals surface area contributed by atoms with E-state index in [-0.39, 0.29) is 0 Å². The van der Waals surface area contributed by atoms with Crippen molar-refractivity contribution in [3.05, 3.63) is 250 Å². The van der Waals surface area contributed by atoms with Gasteiger partial charge in [0.05, 0.1) is 0 Å². The van der Waals surface area contributed by atoms with Crippen molar-refractivity contribution in [2.24, 2.45) is 0 Å². The molecule has 0 saturated carbocycles. The number of hydrogen-bond acceptors (Lipinski definition) is 2. The van der Waals surface area contributed by atoms with Crippen molar-refractivity contribution in [2.45, 2.75) is 11.2 Å². The molecule has 0 heterocycles. The van der Waals surface area contributed by atoms with Crippen LogP contribution in [0.2, 0.25) is 0 Å². The van der Waals surface area contributed by atoms with Gasteiger partial charge >= 0.3 is 0 Å². The molecule has 0 aromatic heterocycles. The van der Waals surface area contributed by atoms with Crippen molar-refractivity contribution in [3.63, 3.8) is 0 Å². The van der Waals surface area contributed by atoms with E-state index in [1.807, 2.05) is 109 Å². The second kappa shape index (κ2) is 13.8. The molecule has 2 nitrogen and oxygen atoms in total. The summed E-state index contributed by atoms with van der Waals surface area (Å²) < 4.78 is 0. The lowest BCUT2D eigenvalue weighted by molar-refractivity contribution is 0.0752. The average molecular weight is 695 g/mol. The molecule has 0 spiro atoms. The fraction of sp³-hybridized carbons (Fsp3) is 0.0385. The molecule has 0 bridgehead atoms. The highest BCUT2D eigenvalue weighted by molar-refractivity contribution is 5.89. The molecule has 54 heavy (non-hydrogen) atoms. The van der Waals surface area contributed by atoms with E-state index >= 15 is 0 Å². The predicted octanol–water partition coefficient (Wildman–Crippen LogP) is 11.7. The van der Waals surface area contributed by atoms with Gasteiger partial charge in [-0.3, -0.25) is 0 Å². The first-order valence-corrected chi connectivity index (χ1v) is 18.4. The number of aliphatic hydroxyl groups is 2. The summed E-state index contributed by atoms with van der Waals surface area (Å²) >= 11 is 0. The second-order valence-corrected chi connectivity index (χ2v) is 14.0. The molecule has 2 heteroatoms. The molecular weight excluding hydrogens is 657 g/mol. The van der Waals surface area contributed by atoms with Gasteiger partial charge in [0.25, 0.3) is 0 Å². The summed E-state index contributed by atoms with van der Waals surface area (Å²) in [4.78, 5) is 0. The summed E-state index contributed by atoms with van der Waals surface area (Å²) in [5.74, 6) is 0. The van der Waals surface area contributed by atoms with Crippen molar-refractivity contribution >= 4 is 35.1 Å². The van der Waals surface area contributed by atoms with Crippen LogP contribution >= 0.6 is 0 Å². The molecule has 8 aromatic rings. The minimum atomic E-state index is -1.61. The van der Waals surface area contributed by atoms with Gasteiger partial charge in [-0.25, -0.2) is 0 Å². The van der Waals surface area contributed by atoms with Crippen molar-refractivity contribution in [3.8, 4) is 11.1 Å². The van der Waals surface area contributed by atoms with E-state index in [0.29, 0.717) is 22.3 Å². The van der Waals surface area contributed by atoms with Gasteiger partial charge in [-0.2, -0.15) is 0 Å². The minimum Gasteiger partial charge on any atom is -0.376 e. The third-order valence-electron chi connectivity index (χ3n) is 10.7. The molecule has 2 atom stereocenters. The zero-order chi connectivity index (χ0) is 36.5. The molecule has 0 fully saturated rings. The Bertz CT molecular complexity index is 2690. The molecule has 8 aromatic carbocycles. The van der Waals surface area contributed by atoms with Crippen molar-refractivity contribution in [2.75, 3.05) is 0 Å². The molecule has 2 unspecified atom stereocenters. The predicted molar refractivity (Wildman–Crippen MR) is 224 cm³/mol. The topological polar surface area (TPSA) is 40.5 Å². The van der Waals surface area contributed by atoms with Crippen LogP contribution < -0.4 is 0 Å². The molecule has 0 radical (unpaired) electrons. The second-order valence-electron chi connectivity index (χ2n) is 14.0. The maximum atomic E-state index is 13.7. The summed E-state index contributed by atoms with van der Waals surface area (Å²) in [5, 5.41) is 29.5. The zero-order valence-electron chi connectivity index (χ0n) is 29.7. The third kappa shape index (κ3) is 5.79. The van der Waals surface area contributed by atoms with E-state index < -0.39 is 11.2 Å². The summed E-state index contributed by atoms with van der Waals surface area (Å²) in [6.45, 7) is 0. The Morgan fingerprint density at radius 2 is 0.796 bits per heavy atom. The summed E-state index contributed by atoms with van der Waals surface area (Å²) in [5.41, 5.74) is 6.80. The fourth-order valence-corrected chi connectivity index (χ4v) is 8.09. The normalized spacial score (nSPS) is 17.8. The molecule has 0 aliphatic heterocycles. The van der Waals surface area contributed by atoms with Crippen molar-refractivity contribution in [1.82, 2.24) is 0 Å². The molecule has 0 amide bonds.